The number of ether oxygens (including phenoxy) is 3. The number of rotatable bonds is 7. The molecule has 10 heteroatoms. The summed E-state index contributed by atoms with van der Waals surface area (Å²) in [5.74, 6) is -1.15. The predicted octanol–water partition coefficient (Wildman–Crippen LogP) is 5.21. The second kappa shape index (κ2) is 10.7. The van der Waals surface area contributed by atoms with Crippen molar-refractivity contribution in [3.63, 3.8) is 0 Å². The Morgan fingerprint density at radius 1 is 1.17 bits per heavy atom. The van der Waals surface area contributed by atoms with Crippen LogP contribution in [0.25, 0.3) is 6.08 Å². The first-order valence-electron chi connectivity index (χ1n) is 8.64. The average molecular weight is 561 g/mol. The van der Waals surface area contributed by atoms with E-state index in [0.717, 1.165) is 20.3 Å². The summed E-state index contributed by atoms with van der Waals surface area (Å²) in [6.07, 6.45) is 2.88. The van der Waals surface area contributed by atoms with E-state index in [1.54, 1.807) is 26.0 Å². The van der Waals surface area contributed by atoms with Gasteiger partial charge >= 0.3 is 11.9 Å². The number of amides is 1. The van der Waals surface area contributed by atoms with E-state index in [1.807, 2.05) is 6.07 Å². The molecule has 1 heterocycles. The van der Waals surface area contributed by atoms with Gasteiger partial charge in [-0.25, -0.2) is 9.59 Å². The fraction of sp³-hybridized carbons (Fsp3) is 0.250. The van der Waals surface area contributed by atoms with E-state index in [4.69, 9.17) is 14.2 Å². The molecule has 0 spiro atoms. The number of nitrogens with one attached hydrogen (secondary N) is 1. The first kappa shape index (κ1) is 24.1. The minimum Gasteiger partial charge on any atom is -0.495 e. The molecule has 2 aromatic rings. The van der Waals surface area contributed by atoms with Gasteiger partial charge in [-0.3, -0.25) is 4.79 Å². The molecule has 7 nitrogen and oxygen atoms in total. The first-order chi connectivity index (χ1) is 14.2. The van der Waals surface area contributed by atoms with Crippen molar-refractivity contribution < 1.29 is 28.6 Å². The molecule has 0 aliphatic heterocycles. The van der Waals surface area contributed by atoms with Crippen LogP contribution in [0.2, 0.25) is 0 Å². The Morgan fingerprint density at radius 3 is 2.47 bits per heavy atom. The molecule has 2 rings (SSSR count). The van der Waals surface area contributed by atoms with Crippen LogP contribution in [-0.4, -0.2) is 38.7 Å². The Bertz CT molecular complexity index is 1020. The van der Waals surface area contributed by atoms with Gasteiger partial charge in [0.1, 0.15) is 15.6 Å². The standard InChI is InChI=1S/C20H19Br2NO6S/c1-5-29-19(25)15-10(2)17(20(26)28-4)30-18(15)23-14(24)7-6-11-8-12(21)9-13(22)16(11)27-3/h6-9H,5H2,1-4H3,(H,23,24)/b7-6+. The normalized spacial score (nSPS) is 10.7. The van der Waals surface area contributed by atoms with Gasteiger partial charge < -0.3 is 19.5 Å². The molecular weight excluding hydrogens is 542 g/mol. The summed E-state index contributed by atoms with van der Waals surface area (Å²) < 4.78 is 16.7. The number of carbonyl (C=O) groups excluding carboxylic acids is 3. The number of esters is 2. The van der Waals surface area contributed by atoms with Crippen LogP contribution in [0.4, 0.5) is 5.00 Å². The van der Waals surface area contributed by atoms with E-state index < -0.39 is 17.8 Å². The van der Waals surface area contributed by atoms with Crippen LogP contribution >= 0.6 is 43.2 Å². The zero-order chi connectivity index (χ0) is 22.4. The van der Waals surface area contributed by atoms with Gasteiger partial charge in [0.15, 0.2) is 0 Å². The molecule has 0 fully saturated rings. The van der Waals surface area contributed by atoms with Crippen molar-refractivity contribution in [1.82, 2.24) is 0 Å². The van der Waals surface area contributed by atoms with Crippen LogP contribution in [0.1, 0.15) is 38.1 Å². The van der Waals surface area contributed by atoms with Crippen molar-refractivity contribution in [2.75, 3.05) is 26.1 Å². The SMILES string of the molecule is CCOC(=O)c1c(NC(=O)/C=C/c2cc(Br)cc(Br)c2OC)sc(C(=O)OC)c1C. The first-order valence-corrected chi connectivity index (χ1v) is 11.0. The molecule has 1 aromatic heterocycles. The van der Waals surface area contributed by atoms with Crippen LogP contribution in [0.3, 0.4) is 0 Å². The maximum absolute atomic E-state index is 12.5. The highest BCUT2D eigenvalue weighted by Gasteiger charge is 2.26. The third-order valence-electron chi connectivity index (χ3n) is 3.89. The Kier molecular flexibility index (Phi) is 8.63. The smallest absolute Gasteiger partial charge is 0.348 e. The molecule has 1 N–H and O–H groups in total. The number of anilines is 1. The highest BCUT2D eigenvalue weighted by atomic mass is 79.9. The maximum Gasteiger partial charge on any atom is 0.348 e. The number of halogens is 2. The van der Waals surface area contributed by atoms with Crippen molar-refractivity contribution in [1.29, 1.82) is 0 Å². The van der Waals surface area contributed by atoms with Crippen LogP contribution in [0, 0.1) is 6.92 Å². The number of hydrogen-bond donors (Lipinski definition) is 1. The monoisotopic (exact) mass is 559 g/mol. The summed E-state index contributed by atoms with van der Waals surface area (Å²) in [7, 11) is 2.77. The minimum atomic E-state index is -0.627. The van der Waals surface area contributed by atoms with Crippen molar-refractivity contribution >= 4 is 72.1 Å². The topological polar surface area (TPSA) is 90.9 Å². The van der Waals surface area contributed by atoms with Gasteiger partial charge in [0.05, 0.1) is 30.9 Å². The lowest BCUT2D eigenvalue weighted by Crippen LogP contribution is -2.12. The third-order valence-corrected chi connectivity index (χ3v) is 6.12. The van der Waals surface area contributed by atoms with Gasteiger partial charge in [-0.1, -0.05) is 15.9 Å². The Morgan fingerprint density at radius 2 is 1.87 bits per heavy atom. The second-order valence-electron chi connectivity index (χ2n) is 5.81. The molecule has 0 unspecified atom stereocenters. The highest BCUT2D eigenvalue weighted by molar-refractivity contribution is 9.11. The minimum absolute atomic E-state index is 0.131. The molecule has 0 aliphatic rings. The fourth-order valence-corrected chi connectivity index (χ4v) is 5.11. The number of methoxy groups -OCH3 is 2. The summed E-state index contributed by atoms with van der Waals surface area (Å²) in [4.78, 5) is 37.1. The van der Waals surface area contributed by atoms with E-state index >= 15 is 0 Å². The molecule has 0 aliphatic carbocycles. The summed E-state index contributed by atoms with van der Waals surface area (Å²) >= 11 is 7.76. The Labute approximate surface area is 194 Å². The van der Waals surface area contributed by atoms with Crippen LogP contribution in [-0.2, 0) is 14.3 Å². The fourth-order valence-electron chi connectivity index (χ4n) is 2.58. The van der Waals surface area contributed by atoms with E-state index in [1.165, 1.54) is 20.3 Å². The van der Waals surface area contributed by atoms with E-state index in [0.29, 0.717) is 16.9 Å². The molecule has 0 atom stereocenters. The number of hydrogen-bond acceptors (Lipinski definition) is 7. The predicted molar refractivity (Wildman–Crippen MR) is 122 cm³/mol. The van der Waals surface area contributed by atoms with Crippen LogP contribution < -0.4 is 10.1 Å². The Balaban J connectivity index is 2.36. The van der Waals surface area contributed by atoms with Gasteiger partial charge in [0, 0.05) is 16.1 Å². The molecular formula is C20H19Br2NO6S. The molecule has 160 valence electrons. The number of carbonyl (C=O) groups is 3. The van der Waals surface area contributed by atoms with E-state index in [-0.39, 0.29) is 22.0 Å². The summed E-state index contributed by atoms with van der Waals surface area (Å²) in [6, 6.07) is 3.62. The summed E-state index contributed by atoms with van der Waals surface area (Å²) in [5, 5.41) is 2.86. The van der Waals surface area contributed by atoms with Crippen molar-refractivity contribution in [3.05, 3.63) is 48.7 Å². The summed E-state index contributed by atoms with van der Waals surface area (Å²) in [6.45, 7) is 3.43. The lowest BCUT2D eigenvalue weighted by atomic mass is 10.1. The van der Waals surface area contributed by atoms with Gasteiger partial charge in [0.2, 0.25) is 5.91 Å². The van der Waals surface area contributed by atoms with E-state index in [9.17, 15) is 14.4 Å². The largest absolute Gasteiger partial charge is 0.495 e. The van der Waals surface area contributed by atoms with Crippen LogP contribution in [0.15, 0.2) is 27.2 Å². The van der Waals surface area contributed by atoms with Crippen molar-refractivity contribution in [2.24, 2.45) is 0 Å². The molecule has 1 amide bonds. The lowest BCUT2D eigenvalue weighted by Gasteiger charge is -2.08. The number of thiophene rings is 1. The maximum atomic E-state index is 12.5. The second-order valence-corrected chi connectivity index (χ2v) is 8.60. The molecule has 30 heavy (non-hydrogen) atoms. The molecule has 0 saturated heterocycles. The van der Waals surface area contributed by atoms with Gasteiger partial charge in [-0.05, 0) is 53.5 Å². The Hall–Kier alpha value is -2.17. The third kappa shape index (κ3) is 5.50. The van der Waals surface area contributed by atoms with Gasteiger partial charge in [-0.2, -0.15) is 0 Å². The zero-order valence-electron chi connectivity index (χ0n) is 16.6. The van der Waals surface area contributed by atoms with Crippen molar-refractivity contribution in [2.45, 2.75) is 13.8 Å². The van der Waals surface area contributed by atoms with E-state index in [2.05, 4.69) is 37.2 Å². The summed E-state index contributed by atoms with van der Waals surface area (Å²) in [5.41, 5.74) is 1.19. The van der Waals surface area contributed by atoms with Gasteiger partial charge in [-0.15, -0.1) is 11.3 Å². The van der Waals surface area contributed by atoms with Crippen LogP contribution in [0.5, 0.6) is 5.75 Å². The molecule has 0 radical (unpaired) electrons. The van der Waals surface area contributed by atoms with Crippen molar-refractivity contribution in [3.8, 4) is 5.75 Å². The quantitative estimate of drug-likeness (QED) is 0.369. The molecule has 0 saturated carbocycles. The number of benzene rings is 1. The average Bonchev–Trinajstić information content (AvgIpc) is 3.01. The van der Waals surface area contributed by atoms with Gasteiger partial charge in [0.25, 0.3) is 0 Å². The lowest BCUT2D eigenvalue weighted by molar-refractivity contribution is -0.111. The highest BCUT2D eigenvalue weighted by Crippen LogP contribution is 2.35. The molecule has 1 aromatic carbocycles. The molecule has 0 bridgehead atoms. The zero-order valence-corrected chi connectivity index (χ0v) is 20.6.